The van der Waals surface area contributed by atoms with Crippen molar-refractivity contribution < 1.29 is 13.2 Å². The Labute approximate surface area is 105 Å². The topological polar surface area (TPSA) is 40.7 Å². The SMILES string of the molecule is Cc1n[nH]c(C)c1CCCNC(C)CC(F)(F)F. The minimum Gasteiger partial charge on any atom is -0.314 e. The first kappa shape index (κ1) is 15.0. The number of alkyl halides is 3. The Kier molecular flexibility index (Phi) is 5.19. The fourth-order valence-corrected chi connectivity index (χ4v) is 1.98. The molecule has 0 saturated carbocycles. The molecule has 0 aliphatic carbocycles. The molecule has 0 aliphatic rings. The summed E-state index contributed by atoms with van der Waals surface area (Å²) in [5.74, 6) is 0. The maximum atomic E-state index is 12.1. The molecule has 0 amide bonds. The summed E-state index contributed by atoms with van der Waals surface area (Å²) in [5.41, 5.74) is 3.17. The van der Waals surface area contributed by atoms with Crippen molar-refractivity contribution in [2.24, 2.45) is 0 Å². The number of aryl methyl sites for hydroxylation is 2. The van der Waals surface area contributed by atoms with Crippen LogP contribution in [0.5, 0.6) is 0 Å². The summed E-state index contributed by atoms with van der Waals surface area (Å²) in [6.45, 7) is 6.02. The van der Waals surface area contributed by atoms with Crippen LogP contribution in [0.25, 0.3) is 0 Å². The third kappa shape index (κ3) is 5.08. The summed E-state index contributed by atoms with van der Waals surface area (Å²) in [6, 6.07) is -0.531. The first-order valence-electron chi connectivity index (χ1n) is 6.10. The molecule has 1 aromatic rings. The van der Waals surface area contributed by atoms with Gasteiger partial charge in [-0.3, -0.25) is 5.10 Å². The maximum absolute atomic E-state index is 12.1. The van der Waals surface area contributed by atoms with Gasteiger partial charge in [-0.25, -0.2) is 0 Å². The fourth-order valence-electron chi connectivity index (χ4n) is 1.98. The molecule has 18 heavy (non-hydrogen) atoms. The molecular formula is C12H20F3N3. The standard InChI is InChI=1S/C12H20F3N3/c1-8(7-12(13,14)15)16-6-4-5-11-9(2)17-18-10(11)3/h8,16H,4-7H2,1-3H3,(H,17,18). The number of hydrogen-bond acceptors (Lipinski definition) is 2. The average molecular weight is 263 g/mol. The smallest absolute Gasteiger partial charge is 0.314 e. The summed E-state index contributed by atoms with van der Waals surface area (Å²) in [7, 11) is 0. The summed E-state index contributed by atoms with van der Waals surface area (Å²) < 4.78 is 36.3. The van der Waals surface area contributed by atoms with Crippen molar-refractivity contribution in [2.75, 3.05) is 6.54 Å². The van der Waals surface area contributed by atoms with Crippen molar-refractivity contribution >= 4 is 0 Å². The van der Waals surface area contributed by atoms with Crippen LogP contribution in [0, 0.1) is 13.8 Å². The van der Waals surface area contributed by atoms with Crippen molar-refractivity contribution in [2.45, 2.75) is 52.3 Å². The Morgan fingerprint density at radius 3 is 2.50 bits per heavy atom. The van der Waals surface area contributed by atoms with Gasteiger partial charge in [-0.2, -0.15) is 18.3 Å². The molecule has 6 heteroatoms. The zero-order chi connectivity index (χ0) is 13.8. The van der Waals surface area contributed by atoms with Crippen LogP contribution in [0.4, 0.5) is 13.2 Å². The fraction of sp³-hybridized carbons (Fsp3) is 0.750. The van der Waals surface area contributed by atoms with E-state index in [-0.39, 0.29) is 0 Å². The number of hydrogen-bond donors (Lipinski definition) is 2. The highest BCUT2D eigenvalue weighted by Gasteiger charge is 2.29. The van der Waals surface area contributed by atoms with Crippen molar-refractivity contribution in [3.8, 4) is 0 Å². The molecule has 0 aromatic carbocycles. The van der Waals surface area contributed by atoms with Gasteiger partial charge in [0.2, 0.25) is 0 Å². The van der Waals surface area contributed by atoms with Gasteiger partial charge in [0.25, 0.3) is 0 Å². The number of aromatic amines is 1. The first-order valence-corrected chi connectivity index (χ1v) is 6.10. The highest BCUT2D eigenvalue weighted by Crippen LogP contribution is 2.21. The number of nitrogens with one attached hydrogen (secondary N) is 2. The summed E-state index contributed by atoms with van der Waals surface area (Å²) in [5, 5.41) is 9.87. The van der Waals surface area contributed by atoms with Crippen molar-refractivity contribution in [1.29, 1.82) is 0 Å². The molecule has 1 aromatic heterocycles. The van der Waals surface area contributed by atoms with E-state index >= 15 is 0 Å². The number of nitrogens with zero attached hydrogens (tertiary/aromatic N) is 1. The minimum atomic E-state index is -4.09. The summed E-state index contributed by atoms with van der Waals surface area (Å²) in [4.78, 5) is 0. The van der Waals surface area contributed by atoms with E-state index in [9.17, 15) is 13.2 Å². The van der Waals surface area contributed by atoms with Gasteiger partial charge in [0.15, 0.2) is 0 Å². The Morgan fingerprint density at radius 1 is 1.33 bits per heavy atom. The molecule has 3 nitrogen and oxygen atoms in total. The Balaban J connectivity index is 2.23. The van der Waals surface area contributed by atoms with E-state index in [0.29, 0.717) is 6.54 Å². The molecule has 2 N–H and O–H groups in total. The van der Waals surface area contributed by atoms with E-state index in [0.717, 1.165) is 24.2 Å². The number of rotatable bonds is 6. The molecular weight excluding hydrogens is 243 g/mol. The van der Waals surface area contributed by atoms with Crippen LogP contribution < -0.4 is 5.32 Å². The lowest BCUT2D eigenvalue weighted by Crippen LogP contribution is -2.32. The van der Waals surface area contributed by atoms with Gasteiger partial charge in [0, 0.05) is 11.7 Å². The van der Waals surface area contributed by atoms with E-state index in [1.54, 1.807) is 6.92 Å². The molecule has 1 unspecified atom stereocenters. The van der Waals surface area contributed by atoms with Crippen molar-refractivity contribution in [3.05, 3.63) is 17.0 Å². The van der Waals surface area contributed by atoms with Gasteiger partial charge in [0.1, 0.15) is 0 Å². The number of H-pyrrole nitrogens is 1. The molecule has 0 spiro atoms. The van der Waals surface area contributed by atoms with Crippen LogP contribution in [0.1, 0.15) is 36.7 Å². The lowest BCUT2D eigenvalue weighted by molar-refractivity contribution is -0.139. The maximum Gasteiger partial charge on any atom is 0.390 e. The summed E-state index contributed by atoms with van der Waals surface area (Å²) >= 11 is 0. The lowest BCUT2D eigenvalue weighted by atomic mass is 10.1. The van der Waals surface area contributed by atoms with Crippen LogP contribution in [0.15, 0.2) is 0 Å². The Bertz CT molecular complexity index is 352. The van der Waals surface area contributed by atoms with Gasteiger partial charge in [-0.15, -0.1) is 0 Å². The van der Waals surface area contributed by atoms with E-state index in [1.807, 2.05) is 13.8 Å². The average Bonchev–Trinajstić information content (AvgIpc) is 2.52. The van der Waals surface area contributed by atoms with E-state index in [2.05, 4.69) is 15.5 Å². The lowest BCUT2D eigenvalue weighted by Gasteiger charge is -2.15. The van der Waals surface area contributed by atoms with Crippen molar-refractivity contribution in [1.82, 2.24) is 15.5 Å². The molecule has 0 fully saturated rings. The van der Waals surface area contributed by atoms with E-state index in [1.165, 1.54) is 5.56 Å². The Morgan fingerprint density at radius 2 is 2.00 bits per heavy atom. The predicted molar refractivity (Wildman–Crippen MR) is 64.5 cm³/mol. The molecule has 0 bridgehead atoms. The molecule has 0 radical (unpaired) electrons. The second-order valence-electron chi connectivity index (χ2n) is 4.69. The second-order valence-corrected chi connectivity index (χ2v) is 4.69. The van der Waals surface area contributed by atoms with Gasteiger partial charge in [-0.05, 0) is 45.7 Å². The predicted octanol–water partition coefficient (Wildman–Crippen LogP) is 2.89. The van der Waals surface area contributed by atoms with Crippen LogP contribution in [-0.2, 0) is 6.42 Å². The molecule has 0 saturated heterocycles. The summed E-state index contributed by atoms with van der Waals surface area (Å²) in [6.07, 6.45) is -3.23. The van der Waals surface area contributed by atoms with Gasteiger partial charge in [-0.1, -0.05) is 0 Å². The highest BCUT2D eigenvalue weighted by atomic mass is 19.4. The minimum absolute atomic E-state index is 0.531. The molecule has 1 heterocycles. The molecule has 104 valence electrons. The number of halogens is 3. The highest BCUT2D eigenvalue weighted by molar-refractivity contribution is 5.23. The monoisotopic (exact) mass is 263 g/mol. The van der Waals surface area contributed by atoms with Gasteiger partial charge in [0.05, 0.1) is 12.1 Å². The third-order valence-corrected chi connectivity index (χ3v) is 2.91. The van der Waals surface area contributed by atoms with E-state index < -0.39 is 18.6 Å². The molecule has 0 aliphatic heterocycles. The molecule has 1 atom stereocenters. The third-order valence-electron chi connectivity index (χ3n) is 2.91. The zero-order valence-corrected chi connectivity index (χ0v) is 11.0. The van der Waals surface area contributed by atoms with E-state index in [4.69, 9.17) is 0 Å². The van der Waals surface area contributed by atoms with Gasteiger partial charge < -0.3 is 5.32 Å². The quantitative estimate of drug-likeness (QED) is 0.775. The first-order chi connectivity index (χ1) is 8.29. The van der Waals surface area contributed by atoms with Crippen LogP contribution in [0.3, 0.4) is 0 Å². The van der Waals surface area contributed by atoms with Crippen LogP contribution in [0.2, 0.25) is 0 Å². The second kappa shape index (κ2) is 6.22. The van der Waals surface area contributed by atoms with Crippen LogP contribution in [-0.4, -0.2) is 29.0 Å². The van der Waals surface area contributed by atoms with Crippen LogP contribution >= 0.6 is 0 Å². The molecule has 1 rings (SSSR count). The zero-order valence-electron chi connectivity index (χ0n) is 11.0. The Hall–Kier alpha value is -1.04. The van der Waals surface area contributed by atoms with Crippen molar-refractivity contribution in [3.63, 3.8) is 0 Å². The normalized spacial score (nSPS) is 13.9. The number of aromatic nitrogens is 2. The largest absolute Gasteiger partial charge is 0.390 e. The van der Waals surface area contributed by atoms with Gasteiger partial charge >= 0.3 is 6.18 Å².